The van der Waals surface area contributed by atoms with Crippen LogP contribution in [0.3, 0.4) is 0 Å². The molecule has 0 radical (unpaired) electrons. The molecule has 0 spiro atoms. The molecular weight excluding hydrogens is 286 g/mol. The molecule has 0 aliphatic heterocycles. The van der Waals surface area contributed by atoms with E-state index < -0.39 is 27.2 Å². The van der Waals surface area contributed by atoms with Crippen LogP contribution in [0.4, 0.5) is 0 Å². The van der Waals surface area contributed by atoms with Gasteiger partial charge in [0.05, 0.1) is 18.3 Å². The van der Waals surface area contributed by atoms with Crippen molar-refractivity contribution in [2.45, 2.75) is 43.9 Å². The van der Waals surface area contributed by atoms with Crippen molar-refractivity contribution < 1.29 is 17.9 Å². The van der Waals surface area contributed by atoms with Crippen LogP contribution in [0.25, 0.3) is 0 Å². The van der Waals surface area contributed by atoms with Crippen LogP contribution < -0.4 is 4.72 Å². The van der Waals surface area contributed by atoms with Crippen LogP contribution in [-0.2, 0) is 19.6 Å². The Labute approximate surface area is 119 Å². The minimum atomic E-state index is -3.45. The molecule has 1 saturated carbocycles. The standard InChI is InChI=1S/C12H23NO4S2/c1-9(7-8-18-3)13-19(15,16)11-6-4-5-10(11)12(14)17-2/h9-11,13H,4-8H2,1-3H3. The summed E-state index contributed by atoms with van der Waals surface area (Å²) >= 11 is 1.69. The third-order valence-corrected chi connectivity index (χ3v) is 6.21. The van der Waals surface area contributed by atoms with E-state index in [0.29, 0.717) is 12.8 Å². The van der Waals surface area contributed by atoms with Crippen LogP contribution in [0.15, 0.2) is 0 Å². The van der Waals surface area contributed by atoms with Crippen LogP contribution >= 0.6 is 11.8 Å². The van der Waals surface area contributed by atoms with Crippen molar-refractivity contribution in [3.05, 3.63) is 0 Å². The maximum absolute atomic E-state index is 12.3. The Morgan fingerprint density at radius 1 is 1.47 bits per heavy atom. The molecule has 1 aliphatic rings. The van der Waals surface area contributed by atoms with Crippen molar-refractivity contribution in [2.24, 2.45) is 5.92 Å². The summed E-state index contributed by atoms with van der Waals surface area (Å²) in [6, 6.07) is -0.101. The van der Waals surface area contributed by atoms with Gasteiger partial charge in [0.1, 0.15) is 0 Å². The highest BCUT2D eigenvalue weighted by molar-refractivity contribution is 7.98. The first-order valence-corrected chi connectivity index (χ1v) is 9.44. The highest BCUT2D eigenvalue weighted by Crippen LogP contribution is 2.31. The highest BCUT2D eigenvalue weighted by Gasteiger charge is 2.42. The average molecular weight is 309 g/mol. The maximum atomic E-state index is 12.3. The zero-order valence-electron chi connectivity index (χ0n) is 11.7. The van der Waals surface area contributed by atoms with Crippen molar-refractivity contribution >= 4 is 27.8 Å². The molecule has 19 heavy (non-hydrogen) atoms. The lowest BCUT2D eigenvalue weighted by Gasteiger charge is -2.21. The molecule has 1 aliphatic carbocycles. The van der Waals surface area contributed by atoms with E-state index in [4.69, 9.17) is 4.74 Å². The van der Waals surface area contributed by atoms with Crippen LogP contribution in [0.5, 0.6) is 0 Å². The summed E-state index contributed by atoms with van der Waals surface area (Å²) in [5, 5.41) is -0.642. The molecule has 112 valence electrons. The number of esters is 1. The van der Waals surface area contributed by atoms with Crippen LogP contribution in [0.2, 0.25) is 0 Å². The zero-order valence-corrected chi connectivity index (χ0v) is 13.4. The fraction of sp³-hybridized carbons (Fsp3) is 0.917. The highest BCUT2D eigenvalue weighted by atomic mass is 32.2. The van der Waals surface area contributed by atoms with Crippen molar-refractivity contribution in [1.29, 1.82) is 0 Å². The van der Waals surface area contributed by atoms with Gasteiger partial charge >= 0.3 is 5.97 Å². The number of thioether (sulfide) groups is 1. The van der Waals surface area contributed by atoms with Crippen molar-refractivity contribution in [1.82, 2.24) is 4.72 Å². The van der Waals surface area contributed by atoms with Gasteiger partial charge in [0.25, 0.3) is 0 Å². The molecule has 3 unspecified atom stereocenters. The third kappa shape index (κ3) is 4.65. The molecular formula is C12H23NO4S2. The minimum absolute atomic E-state index is 0.101. The van der Waals surface area contributed by atoms with E-state index in [-0.39, 0.29) is 6.04 Å². The Morgan fingerprint density at radius 2 is 2.16 bits per heavy atom. The van der Waals surface area contributed by atoms with Crippen molar-refractivity contribution in [3.63, 3.8) is 0 Å². The Kier molecular flexibility index (Phi) is 6.62. The predicted molar refractivity (Wildman–Crippen MR) is 77.7 cm³/mol. The van der Waals surface area contributed by atoms with Crippen LogP contribution in [0, 0.1) is 5.92 Å². The van der Waals surface area contributed by atoms with Gasteiger partial charge < -0.3 is 4.74 Å². The van der Waals surface area contributed by atoms with E-state index in [2.05, 4.69) is 4.72 Å². The van der Waals surface area contributed by atoms with Gasteiger partial charge in [-0.1, -0.05) is 6.42 Å². The summed E-state index contributed by atoms with van der Waals surface area (Å²) in [6.07, 6.45) is 4.66. The normalized spacial score (nSPS) is 25.2. The predicted octanol–water partition coefficient (Wildman–Crippen LogP) is 1.39. The summed E-state index contributed by atoms with van der Waals surface area (Å²) in [7, 11) is -2.15. The molecule has 0 aromatic heterocycles. The van der Waals surface area contributed by atoms with Gasteiger partial charge in [0, 0.05) is 6.04 Å². The molecule has 3 atom stereocenters. The first-order valence-electron chi connectivity index (χ1n) is 6.50. The van der Waals surface area contributed by atoms with E-state index in [9.17, 15) is 13.2 Å². The lowest BCUT2D eigenvalue weighted by atomic mass is 10.1. The number of sulfonamides is 1. The van der Waals surface area contributed by atoms with Gasteiger partial charge in [-0.15, -0.1) is 0 Å². The number of rotatable bonds is 7. The molecule has 0 aromatic rings. The van der Waals surface area contributed by atoms with E-state index in [1.54, 1.807) is 11.8 Å². The Balaban J connectivity index is 2.68. The molecule has 0 bridgehead atoms. The fourth-order valence-corrected chi connectivity index (χ4v) is 5.04. The topological polar surface area (TPSA) is 72.5 Å². The van der Waals surface area contributed by atoms with Crippen LogP contribution in [-0.4, -0.2) is 44.8 Å². The number of carbonyl (C=O) groups is 1. The third-order valence-electron chi connectivity index (χ3n) is 3.48. The van der Waals surface area contributed by atoms with Gasteiger partial charge in [-0.05, 0) is 38.2 Å². The first kappa shape index (κ1) is 16.8. The van der Waals surface area contributed by atoms with Gasteiger partial charge in [-0.3, -0.25) is 4.79 Å². The summed E-state index contributed by atoms with van der Waals surface area (Å²) in [5.41, 5.74) is 0. The summed E-state index contributed by atoms with van der Waals surface area (Å²) in [5.74, 6) is -0.0192. The molecule has 1 N–H and O–H groups in total. The molecule has 1 rings (SSSR count). The lowest BCUT2D eigenvalue weighted by molar-refractivity contribution is -0.145. The first-order chi connectivity index (χ1) is 8.92. The smallest absolute Gasteiger partial charge is 0.310 e. The average Bonchev–Trinajstić information content (AvgIpc) is 2.84. The number of nitrogens with one attached hydrogen (secondary N) is 1. The van der Waals surface area contributed by atoms with E-state index >= 15 is 0 Å². The fourth-order valence-electron chi connectivity index (χ4n) is 2.44. The number of methoxy groups -OCH3 is 1. The van der Waals surface area contributed by atoms with Crippen molar-refractivity contribution in [3.8, 4) is 0 Å². The summed E-state index contributed by atoms with van der Waals surface area (Å²) < 4.78 is 32.0. The van der Waals surface area contributed by atoms with E-state index in [1.165, 1.54) is 7.11 Å². The zero-order chi connectivity index (χ0) is 14.5. The lowest BCUT2D eigenvalue weighted by Crippen LogP contribution is -2.43. The summed E-state index contributed by atoms with van der Waals surface area (Å²) in [6.45, 7) is 1.86. The van der Waals surface area contributed by atoms with Gasteiger partial charge in [-0.2, -0.15) is 11.8 Å². The van der Waals surface area contributed by atoms with Crippen LogP contribution in [0.1, 0.15) is 32.6 Å². The molecule has 0 aromatic carbocycles. The monoisotopic (exact) mass is 309 g/mol. The molecule has 0 heterocycles. The van der Waals surface area contributed by atoms with Gasteiger partial charge in [0.15, 0.2) is 0 Å². The van der Waals surface area contributed by atoms with Gasteiger partial charge in [0.2, 0.25) is 10.0 Å². The largest absolute Gasteiger partial charge is 0.469 e. The maximum Gasteiger partial charge on any atom is 0.310 e. The summed E-state index contributed by atoms with van der Waals surface area (Å²) in [4.78, 5) is 11.6. The number of ether oxygens (including phenoxy) is 1. The number of hydrogen-bond acceptors (Lipinski definition) is 5. The molecule has 0 amide bonds. The Bertz CT molecular complexity index is 397. The quantitative estimate of drug-likeness (QED) is 0.720. The number of carbonyl (C=O) groups excluding carboxylic acids is 1. The second kappa shape index (κ2) is 7.50. The molecule has 0 saturated heterocycles. The molecule has 1 fully saturated rings. The second-order valence-corrected chi connectivity index (χ2v) is 7.86. The van der Waals surface area contributed by atoms with E-state index in [1.807, 2.05) is 13.2 Å². The van der Waals surface area contributed by atoms with Gasteiger partial charge in [-0.25, -0.2) is 13.1 Å². The SMILES string of the molecule is COC(=O)C1CCCC1S(=O)(=O)NC(C)CCSC. The Morgan fingerprint density at radius 3 is 2.74 bits per heavy atom. The van der Waals surface area contributed by atoms with Crippen molar-refractivity contribution in [2.75, 3.05) is 19.1 Å². The molecule has 5 nitrogen and oxygen atoms in total. The minimum Gasteiger partial charge on any atom is -0.469 e. The molecule has 7 heteroatoms. The number of hydrogen-bond donors (Lipinski definition) is 1. The van der Waals surface area contributed by atoms with E-state index in [0.717, 1.165) is 18.6 Å². The second-order valence-electron chi connectivity index (χ2n) is 4.94. The Hall–Kier alpha value is -0.270.